The Hall–Kier alpha value is -0.420. The average Bonchev–Trinajstić information content (AvgIpc) is 2.40. The maximum absolute atomic E-state index is 6.44. The Morgan fingerprint density at radius 3 is 2.45 bits per heavy atom. The molecule has 3 nitrogen and oxygen atoms in total. The summed E-state index contributed by atoms with van der Waals surface area (Å²) in [5.41, 5.74) is 7.72. The summed E-state index contributed by atoms with van der Waals surface area (Å²) in [4.78, 5) is 2.48. The normalized spacial score (nSPS) is 27.2. The molecule has 0 radical (unpaired) electrons. The molecular weight excluding hydrogens is 316 g/mol. The third kappa shape index (κ3) is 3.61. The molecule has 1 fully saturated rings. The van der Waals surface area contributed by atoms with Gasteiger partial charge in [0.1, 0.15) is 0 Å². The van der Waals surface area contributed by atoms with Gasteiger partial charge in [0.05, 0.1) is 18.2 Å². The van der Waals surface area contributed by atoms with Crippen LogP contribution in [-0.4, -0.2) is 36.2 Å². The van der Waals surface area contributed by atoms with Crippen LogP contribution in [0.1, 0.15) is 38.8 Å². The topological polar surface area (TPSA) is 38.5 Å². The molecule has 0 saturated carbocycles. The van der Waals surface area contributed by atoms with E-state index in [0.717, 1.165) is 24.0 Å². The molecule has 2 rings (SSSR count). The molecule has 1 heterocycles. The first-order chi connectivity index (χ1) is 9.52. The third-order valence-electron chi connectivity index (χ3n) is 3.94. The Morgan fingerprint density at radius 1 is 1.30 bits per heavy atom. The van der Waals surface area contributed by atoms with E-state index in [4.69, 9.17) is 10.5 Å². The van der Waals surface area contributed by atoms with Crippen LogP contribution < -0.4 is 5.73 Å². The van der Waals surface area contributed by atoms with Crippen molar-refractivity contribution in [3.63, 3.8) is 0 Å². The summed E-state index contributed by atoms with van der Waals surface area (Å²) in [6.07, 6.45) is 1.48. The van der Waals surface area contributed by atoms with Gasteiger partial charge in [-0.05, 0) is 31.9 Å². The Bertz CT molecular complexity index is 430. The number of halogens is 1. The molecule has 2 unspecified atom stereocenters. The summed E-state index contributed by atoms with van der Waals surface area (Å²) in [7, 11) is 0. The van der Waals surface area contributed by atoms with Crippen molar-refractivity contribution in [2.24, 2.45) is 5.73 Å². The lowest BCUT2D eigenvalue weighted by Crippen LogP contribution is -2.51. The summed E-state index contributed by atoms with van der Waals surface area (Å²) in [5, 5.41) is 0. The zero-order chi connectivity index (χ0) is 14.7. The van der Waals surface area contributed by atoms with Crippen molar-refractivity contribution in [3.05, 3.63) is 34.3 Å². The van der Waals surface area contributed by atoms with Crippen LogP contribution >= 0.6 is 15.9 Å². The van der Waals surface area contributed by atoms with E-state index in [2.05, 4.69) is 59.8 Å². The molecule has 1 aliphatic heterocycles. The highest BCUT2D eigenvalue weighted by Gasteiger charge is 2.32. The number of hydrogen-bond donors (Lipinski definition) is 1. The molecule has 0 aliphatic carbocycles. The minimum atomic E-state index is 0.131. The van der Waals surface area contributed by atoms with E-state index in [1.54, 1.807) is 0 Å². The highest BCUT2D eigenvalue weighted by molar-refractivity contribution is 9.10. The molecule has 2 N–H and O–H groups in total. The number of hydrogen-bond acceptors (Lipinski definition) is 3. The predicted octanol–water partition coefficient (Wildman–Crippen LogP) is 3.34. The van der Waals surface area contributed by atoms with E-state index in [1.807, 2.05) is 6.07 Å². The van der Waals surface area contributed by atoms with Gasteiger partial charge >= 0.3 is 0 Å². The van der Waals surface area contributed by atoms with Crippen LogP contribution in [0.5, 0.6) is 0 Å². The number of benzene rings is 1. The van der Waals surface area contributed by atoms with Crippen LogP contribution in [-0.2, 0) is 4.74 Å². The summed E-state index contributed by atoms with van der Waals surface area (Å²) in [6.45, 7) is 8.30. The number of rotatable bonds is 4. The first-order valence-corrected chi connectivity index (χ1v) is 8.21. The molecule has 4 heteroatoms. The van der Waals surface area contributed by atoms with Crippen LogP contribution in [0.4, 0.5) is 0 Å². The van der Waals surface area contributed by atoms with Crippen molar-refractivity contribution < 1.29 is 4.74 Å². The largest absolute Gasteiger partial charge is 0.373 e. The van der Waals surface area contributed by atoms with Gasteiger partial charge in [0.15, 0.2) is 0 Å². The monoisotopic (exact) mass is 340 g/mol. The molecular formula is C16H25BrN2O. The fraction of sp³-hybridized carbons (Fsp3) is 0.625. The second kappa shape index (κ2) is 7.03. The van der Waals surface area contributed by atoms with E-state index in [0.29, 0.717) is 0 Å². The molecule has 4 atom stereocenters. The zero-order valence-corrected chi connectivity index (χ0v) is 14.1. The minimum Gasteiger partial charge on any atom is -0.373 e. The summed E-state index contributed by atoms with van der Waals surface area (Å²) >= 11 is 3.68. The van der Waals surface area contributed by atoms with Crippen LogP contribution in [0.3, 0.4) is 0 Å². The second-order valence-corrected chi connectivity index (χ2v) is 6.60. The average molecular weight is 341 g/mol. The van der Waals surface area contributed by atoms with Crippen LogP contribution in [0, 0.1) is 0 Å². The van der Waals surface area contributed by atoms with E-state index in [9.17, 15) is 0 Å². The molecule has 0 amide bonds. The molecule has 112 valence electrons. The maximum atomic E-state index is 6.44. The molecule has 1 aromatic rings. The lowest BCUT2D eigenvalue weighted by Gasteiger charge is -2.42. The van der Waals surface area contributed by atoms with Gasteiger partial charge in [0.25, 0.3) is 0 Å². The summed E-state index contributed by atoms with van der Waals surface area (Å²) in [5.74, 6) is 0. The van der Waals surface area contributed by atoms with Gasteiger partial charge in [-0.25, -0.2) is 0 Å². The Balaban J connectivity index is 2.30. The highest BCUT2D eigenvalue weighted by Crippen LogP contribution is 2.32. The van der Waals surface area contributed by atoms with Crippen molar-refractivity contribution >= 4 is 15.9 Å². The smallest absolute Gasteiger partial charge is 0.0678 e. The van der Waals surface area contributed by atoms with Gasteiger partial charge in [0, 0.05) is 23.6 Å². The van der Waals surface area contributed by atoms with Crippen molar-refractivity contribution in [1.82, 2.24) is 4.90 Å². The SMILES string of the molecule is CCC(N)C(c1ccccc1Br)N1C[C@@H](C)O[C@@H](C)C1. The van der Waals surface area contributed by atoms with Gasteiger partial charge in [-0.1, -0.05) is 41.1 Å². The van der Waals surface area contributed by atoms with E-state index in [-0.39, 0.29) is 24.3 Å². The quantitative estimate of drug-likeness (QED) is 0.913. The van der Waals surface area contributed by atoms with E-state index < -0.39 is 0 Å². The van der Waals surface area contributed by atoms with Crippen molar-refractivity contribution in [1.29, 1.82) is 0 Å². The Labute approximate surface area is 130 Å². The van der Waals surface area contributed by atoms with Crippen molar-refractivity contribution in [2.45, 2.75) is 51.5 Å². The molecule has 0 aromatic heterocycles. The number of morpholine rings is 1. The Morgan fingerprint density at radius 2 is 1.90 bits per heavy atom. The molecule has 1 aromatic carbocycles. The van der Waals surface area contributed by atoms with Gasteiger partial charge in [-0.15, -0.1) is 0 Å². The fourth-order valence-corrected chi connectivity index (χ4v) is 3.60. The first kappa shape index (κ1) is 16.0. The molecule has 0 bridgehead atoms. The zero-order valence-electron chi connectivity index (χ0n) is 12.6. The molecule has 20 heavy (non-hydrogen) atoms. The molecule has 1 aliphatic rings. The summed E-state index contributed by atoms with van der Waals surface area (Å²) < 4.78 is 6.99. The van der Waals surface area contributed by atoms with Crippen molar-refractivity contribution in [2.75, 3.05) is 13.1 Å². The fourth-order valence-electron chi connectivity index (χ4n) is 3.08. The van der Waals surface area contributed by atoms with E-state index in [1.165, 1.54) is 5.56 Å². The highest BCUT2D eigenvalue weighted by atomic mass is 79.9. The van der Waals surface area contributed by atoms with E-state index >= 15 is 0 Å². The standard InChI is InChI=1S/C16H25BrN2O/c1-4-15(18)16(13-7-5-6-8-14(13)17)19-9-11(2)20-12(3)10-19/h5-8,11-12,15-16H,4,9-10,18H2,1-3H3/t11-,12+,15?,16?. The number of ether oxygens (including phenoxy) is 1. The van der Waals surface area contributed by atoms with Gasteiger partial charge in [0.2, 0.25) is 0 Å². The second-order valence-electron chi connectivity index (χ2n) is 5.75. The predicted molar refractivity (Wildman–Crippen MR) is 86.7 cm³/mol. The van der Waals surface area contributed by atoms with Gasteiger partial charge < -0.3 is 10.5 Å². The van der Waals surface area contributed by atoms with Crippen molar-refractivity contribution in [3.8, 4) is 0 Å². The maximum Gasteiger partial charge on any atom is 0.0678 e. The number of nitrogens with zero attached hydrogens (tertiary/aromatic N) is 1. The van der Waals surface area contributed by atoms with Gasteiger partial charge in [-0.2, -0.15) is 0 Å². The summed E-state index contributed by atoms with van der Waals surface area (Å²) in [6, 6.07) is 8.78. The third-order valence-corrected chi connectivity index (χ3v) is 4.66. The van der Waals surface area contributed by atoms with Crippen LogP contribution in [0.25, 0.3) is 0 Å². The molecule has 1 saturated heterocycles. The molecule has 0 spiro atoms. The first-order valence-electron chi connectivity index (χ1n) is 7.42. The number of nitrogens with two attached hydrogens (primary N) is 1. The lowest BCUT2D eigenvalue weighted by molar-refractivity contribution is -0.0839. The van der Waals surface area contributed by atoms with Crippen LogP contribution in [0.2, 0.25) is 0 Å². The van der Waals surface area contributed by atoms with Crippen LogP contribution in [0.15, 0.2) is 28.7 Å². The minimum absolute atomic E-state index is 0.131. The lowest BCUT2D eigenvalue weighted by atomic mass is 9.95. The Kier molecular flexibility index (Phi) is 5.61. The van der Waals surface area contributed by atoms with Gasteiger partial charge in [-0.3, -0.25) is 4.90 Å².